The molecular weight excluding hydrogens is 380 g/mol. The number of thioether (sulfide) groups is 1. The maximum absolute atomic E-state index is 12.8. The molecular formula is C19H14N4O2S2. The number of carbonyl (C=O) groups is 2. The fraction of sp³-hybridized carbons (Fsp3) is 0.158. The van der Waals surface area contributed by atoms with Crippen LogP contribution in [0.4, 0.5) is 0 Å². The van der Waals surface area contributed by atoms with Gasteiger partial charge in [-0.1, -0.05) is 65.6 Å². The SMILES string of the molecule is O=C1CC(Sc2nnc3sc4ccccc4n23)C(=O)N1Cc1ccccc1. The number of carbonyl (C=O) groups excluding carboxylic acids is 2. The van der Waals surface area contributed by atoms with E-state index in [0.717, 1.165) is 20.7 Å². The number of nitrogens with zero attached hydrogens (tertiary/aromatic N) is 4. The molecule has 1 atom stereocenters. The van der Waals surface area contributed by atoms with Crippen molar-refractivity contribution >= 4 is 50.1 Å². The molecule has 6 nitrogen and oxygen atoms in total. The molecule has 5 rings (SSSR count). The fourth-order valence-corrected chi connectivity index (χ4v) is 5.35. The van der Waals surface area contributed by atoms with E-state index < -0.39 is 5.25 Å². The molecule has 27 heavy (non-hydrogen) atoms. The van der Waals surface area contributed by atoms with Gasteiger partial charge in [-0.15, -0.1) is 10.2 Å². The Bertz CT molecular complexity index is 1170. The maximum Gasteiger partial charge on any atom is 0.243 e. The molecule has 2 aromatic heterocycles. The molecule has 0 aliphatic carbocycles. The molecule has 1 fully saturated rings. The zero-order valence-corrected chi connectivity index (χ0v) is 15.7. The first-order valence-corrected chi connectivity index (χ1v) is 10.2. The first-order valence-electron chi connectivity index (χ1n) is 8.48. The number of benzene rings is 2. The quantitative estimate of drug-likeness (QED) is 0.497. The van der Waals surface area contributed by atoms with E-state index in [1.807, 2.05) is 59.0 Å². The van der Waals surface area contributed by atoms with Gasteiger partial charge in [0.1, 0.15) is 5.25 Å². The molecule has 8 heteroatoms. The van der Waals surface area contributed by atoms with E-state index in [-0.39, 0.29) is 18.2 Å². The lowest BCUT2D eigenvalue weighted by molar-refractivity contribution is -0.138. The minimum atomic E-state index is -0.465. The normalized spacial score (nSPS) is 17.5. The maximum atomic E-state index is 12.8. The van der Waals surface area contributed by atoms with Crippen molar-refractivity contribution in [2.75, 3.05) is 0 Å². The Balaban J connectivity index is 1.42. The summed E-state index contributed by atoms with van der Waals surface area (Å²) in [6, 6.07) is 17.6. The van der Waals surface area contributed by atoms with E-state index >= 15 is 0 Å². The second-order valence-corrected chi connectivity index (χ2v) is 8.46. The molecule has 4 aromatic rings. The van der Waals surface area contributed by atoms with Crippen molar-refractivity contribution in [3.8, 4) is 0 Å². The predicted molar refractivity (Wildman–Crippen MR) is 105 cm³/mol. The van der Waals surface area contributed by atoms with Crippen LogP contribution in [-0.4, -0.2) is 36.6 Å². The summed E-state index contributed by atoms with van der Waals surface area (Å²) in [6.45, 7) is 0.312. The molecule has 1 unspecified atom stereocenters. The third-order valence-electron chi connectivity index (χ3n) is 4.54. The zero-order valence-electron chi connectivity index (χ0n) is 14.1. The van der Waals surface area contributed by atoms with E-state index in [0.29, 0.717) is 11.7 Å². The second kappa shape index (κ2) is 6.47. The number of likely N-dealkylation sites (tertiary alicyclic amines) is 1. The van der Waals surface area contributed by atoms with E-state index in [9.17, 15) is 9.59 Å². The molecule has 1 aliphatic rings. The van der Waals surface area contributed by atoms with E-state index in [1.165, 1.54) is 16.7 Å². The molecule has 0 bridgehead atoms. The lowest BCUT2D eigenvalue weighted by Crippen LogP contribution is -2.30. The number of rotatable bonds is 4. The number of thiazole rings is 1. The number of hydrogen-bond donors (Lipinski definition) is 0. The number of imide groups is 1. The smallest absolute Gasteiger partial charge is 0.243 e. The predicted octanol–water partition coefficient (Wildman–Crippen LogP) is 3.36. The van der Waals surface area contributed by atoms with Crippen LogP contribution in [-0.2, 0) is 16.1 Å². The molecule has 0 radical (unpaired) electrons. The molecule has 2 amide bonds. The molecule has 0 saturated carbocycles. The highest BCUT2D eigenvalue weighted by atomic mass is 32.2. The van der Waals surface area contributed by atoms with Crippen molar-refractivity contribution < 1.29 is 9.59 Å². The average molecular weight is 394 g/mol. The third-order valence-corrected chi connectivity index (χ3v) is 6.68. The van der Waals surface area contributed by atoms with Crippen LogP contribution in [0.1, 0.15) is 12.0 Å². The Morgan fingerprint density at radius 3 is 2.67 bits per heavy atom. The first kappa shape index (κ1) is 16.5. The lowest BCUT2D eigenvalue weighted by Gasteiger charge is -2.14. The van der Waals surface area contributed by atoms with Crippen LogP contribution < -0.4 is 0 Å². The van der Waals surface area contributed by atoms with Gasteiger partial charge in [-0.2, -0.15) is 0 Å². The van der Waals surface area contributed by atoms with Crippen LogP contribution in [0.25, 0.3) is 15.2 Å². The topological polar surface area (TPSA) is 67.6 Å². The third kappa shape index (κ3) is 2.81. The van der Waals surface area contributed by atoms with Crippen LogP contribution in [0.15, 0.2) is 59.8 Å². The van der Waals surface area contributed by atoms with Gasteiger partial charge in [0.2, 0.25) is 16.8 Å². The van der Waals surface area contributed by atoms with Crippen molar-refractivity contribution in [1.82, 2.24) is 19.5 Å². The summed E-state index contributed by atoms with van der Waals surface area (Å²) >= 11 is 2.87. The molecule has 0 spiro atoms. The summed E-state index contributed by atoms with van der Waals surface area (Å²) < 4.78 is 3.08. The average Bonchev–Trinajstić information content (AvgIpc) is 3.32. The van der Waals surface area contributed by atoms with Gasteiger partial charge < -0.3 is 0 Å². The van der Waals surface area contributed by atoms with Crippen molar-refractivity contribution in [2.24, 2.45) is 0 Å². The number of aromatic nitrogens is 3. The highest BCUT2D eigenvalue weighted by Crippen LogP contribution is 2.35. The van der Waals surface area contributed by atoms with Crippen LogP contribution in [0.5, 0.6) is 0 Å². The van der Waals surface area contributed by atoms with Gasteiger partial charge in [-0.25, -0.2) is 0 Å². The highest BCUT2D eigenvalue weighted by Gasteiger charge is 2.40. The van der Waals surface area contributed by atoms with Gasteiger partial charge in [-0.3, -0.25) is 18.9 Å². The lowest BCUT2D eigenvalue weighted by atomic mass is 10.2. The monoisotopic (exact) mass is 394 g/mol. The van der Waals surface area contributed by atoms with Crippen LogP contribution in [0.2, 0.25) is 0 Å². The number of para-hydroxylation sites is 1. The van der Waals surface area contributed by atoms with Crippen molar-refractivity contribution in [1.29, 1.82) is 0 Å². The van der Waals surface area contributed by atoms with Gasteiger partial charge in [0.05, 0.1) is 16.8 Å². The Labute approximate surface area is 162 Å². The summed E-state index contributed by atoms with van der Waals surface area (Å²) in [5.41, 5.74) is 1.96. The summed E-state index contributed by atoms with van der Waals surface area (Å²) in [7, 11) is 0. The summed E-state index contributed by atoms with van der Waals surface area (Å²) in [5.74, 6) is -0.303. The molecule has 1 saturated heterocycles. The minimum Gasteiger partial charge on any atom is -0.277 e. The largest absolute Gasteiger partial charge is 0.277 e. The van der Waals surface area contributed by atoms with Gasteiger partial charge in [0.15, 0.2) is 5.16 Å². The van der Waals surface area contributed by atoms with Gasteiger partial charge in [0, 0.05) is 6.42 Å². The van der Waals surface area contributed by atoms with Crippen LogP contribution in [0, 0.1) is 0 Å². The number of hydrogen-bond acceptors (Lipinski definition) is 6. The van der Waals surface area contributed by atoms with E-state index in [4.69, 9.17) is 0 Å². The molecule has 134 valence electrons. The van der Waals surface area contributed by atoms with Crippen molar-refractivity contribution in [3.05, 3.63) is 60.2 Å². The second-order valence-electron chi connectivity index (χ2n) is 6.28. The molecule has 1 aliphatic heterocycles. The first-order chi connectivity index (χ1) is 13.2. The zero-order chi connectivity index (χ0) is 18.4. The van der Waals surface area contributed by atoms with E-state index in [1.54, 1.807) is 11.3 Å². The molecule has 2 aromatic carbocycles. The number of fused-ring (bicyclic) bond motifs is 3. The van der Waals surface area contributed by atoms with Gasteiger partial charge >= 0.3 is 0 Å². The standard InChI is InChI=1S/C19H14N4O2S2/c24-16-10-15(17(25)22(16)11-12-6-2-1-3-7-12)27-19-21-20-18-23(19)13-8-4-5-9-14(13)26-18/h1-9,15H,10-11H2. The summed E-state index contributed by atoms with van der Waals surface area (Å²) in [6.07, 6.45) is 0.188. The Morgan fingerprint density at radius 2 is 1.81 bits per heavy atom. The minimum absolute atomic E-state index is 0.141. The van der Waals surface area contributed by atoms with E-state index in [2.05, 4.69) is 10.2 Å². The molecule has 0 N–H and O–H groups in total. The van der Waals surface area contributed by atoms with Gasteiger partial charge in [-0.05, 0) is 17.7 Å². The summed E-state index contributed by atoms with van der Waals surface area (Å²) in [5, 5.41) is 8.65. The van der Waals surface area contributed by atoms with Crippen molar-refractivity contribution in [2.45, 2.75) is 23.4 Å². The Kier molecular flexibility index (Phi) is 3.95. The van der Waals surface area contributed by atoms with Crippen LogP contribution >= 0.6 is 23.1 Å². The Morgan fingerprint density at radius 1 is 1.04 bits per heavy atom. The molecule has 3 heterocycles. The van der Waals surface area contributed by atoms with Crippen LogP contribution in [0.3, 0.4) is 0 Å². The van der Waals surface area contributed by atoms with Gasteiger partial charge in [0.25, 0.3) is 0 Å². The fourth-order valence-electron chi connectivity index (χ4n) is 3.24. The Hall–Kier alpha value is -2.71. The summed E-state index contributed by atoms with van der Waals surface area (Å²) in [4.78, 5) is 27.4. The van der Waals surface area contributed by atoms with Crippen molar-refractivity contribution in [3.63, 3.8) is 0 Å². The highest BCUT2D eigenvalue weighted by molar-refractivity contribution is 8.00. The number of amides is 2.